The van der Waals surface area contributed by atoms with Gasteiger partial charge in [-0.3, -0.25) is 0 Å². The molecule has 0 N–H and O–H groups in total. The molecule has 4 heteroatoms. The Bertz CT molecular complexity index is 632. The molecule has 0 fully saturated rings. The van der Waals surface area contributed by atoms with Crippen LogP contribution in [-0.4, -0.2) is 9.97 Å². The minimum absolute atomic E-state index is 0.303. The third-order valence-electron chi connectivity index (χ3n) is 2.87. The molecule has 0 amide bonds. The van der Waals surface area contributed by atoms with Crippen molar-refractivity contribution >= 4 is 0 Å². The minimum Gasteiger partial charge on any atom is -0.237 e. The van der Waals surface area contributed by atoms with Gasteiger partial charge in [0.05, 0.1) is 11.8 Å². The second-order valence-corrected chi connectivity index (χ2v) is 4.35. The van der Waals surface area contributed by atoms with Crippen LogP contribution in [0.4, 0.5) is 4.39 Å². The Morgan fingerprint density at radius 2 is 2.11 bits per heavy atom. The van der Waals surface area contributed by atoms with Crippen LogP contribution in [-0.2, 0) is 0 Å². The van der Waals surface area contributed by atoms with E-state index in [2.05, 4.69) is 16.0 Å². The van der Waals surface area contributed by atoms with Gasteiger partial charge >= 0.3 is 0 Å². The Morgan fingerprint density at radius 1 is 1.32 bits per heavy atom. The zero-order valence-electron chi connectivity index (χ0n) is 10.9. The topological polar surface area (TPSA) is 49.6 Å². The number of hydrogen-bond acceptors (Lipinski definition) is 3. The van der Waals surface area contributed by atoms with Crippen LogP contribution in [0.5, 0.6) is 0 Å². The molecule has 0 aliphatic rings. The van der Waals surface area contributed by atoms with Crippen molar-refractivity contribution in [3.8, 4) is 17.3 Å². The first-order valence-corrected chi connectivity index (χ1v) is 6.15. The zero-order valence-corrected chi connectivity index (χ0v) is 10.9. The first-order chi connectivity index (χ1) is 9.13. The average molecular weight is 255 g/mol. The Hall–Kier alpha value is -2.28. The van der Waals surface area contributed by atoms with Gasteiger partial charge < -0.3 is 0 Å². The maximum atomic E-state index is 13.2. The predicted molar refractivity (Wildman–Crippen MR) is 70.8 cm³/mol. The molecule has 0 aliphatic heterocycles. The van der Waals surface area contributed by atoms with E-state index in [0.717, 1.165) is 5.69 Å². The Balaban J connectivity index is 2.51. The maximum Gasteiger partial charge on any atom is 0.146 e. The molecule has 1 aromatic heterocycles. The normalized spacial score (nSPS) is 11.9. The summed E-state index contributed by atoms with van der Waals surface area (Å²) in [5.41, 5.74) is 2.12. The molecule has 3 nitrogen and oxygen atoms in total. The van der Waals surface area contributed by atoms with Crippen molar-refractivity contribution in [3.63, 3.8) is 0 Å². The largest absolute Gasteiger partial charge is 0.237 e. The highest BCUT2D eigenvalue weighted by Crippen LogP contribution is 2.22. The number of halogens is 1. The molecule has 0 saturated carbocycles. The predicted octanol–water partition coefficient (Wildman–Crippen LogP) is 3.61. The molecule has 1 aromatic carbocycles. The fraction of sp³-hybridized carbons (Fsp3) is 0.267. The molecule has 0 spiro atoms. The molecule has 0 radical (unpaired) electrons. The van der Waals surface area contributed by atoms with Gasteiger partial charge in [0.2, 0.25) is 0 Å². The van der Waals surface area contributed by atoms with Gasteiger partial charge in [-0.2, -0.15) is 5.26 Å². The number of rotatable bonds is 3. The number of aromatic nitrogens is 2. The third kappa shape index (κ3) is 2.94. The average Bonchev–Trinajstić information content (AvgIpc) is 2.39. The first kappa shape index (κ1) is 13.2. The molecular weight excluding hydrogens is 241 g/mol. The smallest absolute Gasteiger partial charge is 0.146 e. The van der Waals surface area contributed by atoms with Gasteiger partial charge in [0.25, 0.3) is 0 Å². The minimum atomic E-state index is -0.327. The fourth-order valence-corrected chi connectivity index (χ4v) is 1.87. The van der Waals surface area contributed by atoms with Crippen molar-refractivity contribution in [3.05, 3.63) is 47.7 Å². The quantitative estimate of drug-likeness (QED) is 0.841. The molecule has 0 bridgehead atoms. The summed E-state index contributed by atoms with van der Waals surface area (Å²) in [4.78, 5) is 8.68. The molecule has 2 rings (SSSR count). The van der Waals surface area contributed by atoms with Gasteiger partial charge in [-0.05, 0) is 31.5 Å². The molecule has 19 heavy (non-hydrogen) atoms. The van der Waals surface area contributed by atoms with Crippen LogP contribution < -0.4 is 0 Å². The van der Waals surface area contributed by atoms with E-state index in [1.807, 2.05) is 13.8 Å². The van der Waals surface area contributed by atoms with Crippen molar-refractivity contribution in [1.29, 1.82) is 5.26 Å². The summed E-state index contributed by atoms with van der Waals surface area (Å²) in [6.45, 7) is 3.76. The van der Waals surface area contributed by atoms with Crippen molar-refractivity contribution in [2.45, 2.75) is 26.2 Å². The Morgan fingerprint density at radius 3 is 2.74 bits per heavy atom. The van der Waals surface area contributed by atoms with Crippen molar-refractivity contribution in [2.75, 3.05) is 0 Å². The molecule has 0 aliphatic carbocycles. The molecule has 1 heterocycles. The Kier molecular flexibility index (Phi) is 3.86. The number of hydrogen-bond donors (Lipinski definition) is 0. The van der Waals surface area contributed by atoms with E-state index in [1.165, 1.54) is 12.1 Å². The van der Waals surface area contributed by atoms with Crippen LogP contribution in [0.2, 0.25) is 0 Å². The lowest BCUT2D eigenvalue weighted by Crippen LogP contribution is -2.04. The fourth-order valence-electron chi connectivity index (χ4n) is 1.87. The van der Waals surface area contributed by atoms with E-state index in [-0.39, 0.29) is 11.7 Å². The summed E-state index contributed by atoms with van der Waals surface area (Å²) in [6.07, 6.45) is 0.655. The van der Waals surface area contributed by atoms with Crippen LogP contribution in [0, 0.1) is 24.1 Å². The zero-order chi connectivity index (χ0) is 13.8. The lowest BCUT2D eigenvalue weighted by Gasteiger charge is -2.09. The van der Waals surface area contributed by atoms with Crippen LogP contribution in [0.3, 0.4) is 0 Å². The van der Waals surface area contributed by atoms with Gasteiger partial charge in [0.15, 0.2) is 0 Å². The molecule has 1 atom stereocenters. The van der Waals surface area contributed by atoms with Gasteiger partial charge in [-0.1, -0.05) is 19.1 Å². The number of nitriles is 1. The summed E-state index contributed by atoms with van der Waals surface area (Å²) in [6, 6.07) is 10.2. The number of nitrogens with zero attached hydrogens (tertiary/aromatic N) is 3. The lowest BCUT2D eigenvalue weighted by atomic mass is 10.1. The van der Waals surface area contributed by atoms with Gasteiger partial charge in [0.1, 0.15) is 17.6 Å². The van der Waals surface area contributed by atoms with E-state index in [9.17, 15) is 4.39 Å². The standard InChI is InChI=1S/C15H14FN3/c1-3-11(9-17)15-18-10(2)7-14(19-15)12-5-4-6-13(16)8-12/h4-8,11H,3H2,1-2H3. The van der Waals surface area contributed by atoms with E-state index >= 15 is 0 Å². The summed E-state index contributed by atoms with van der Waals surface area (Å²) >= 11 is 0. The summed E-state index contributed by atoms with van der Waals surface area (Å²) in [5, 5.41) is 9.09. The van der Waals surface area contributed by atoms with E-state index in [4.69, 9.17) is 5.26 Å². The highest BCUT2D eigenvalue weighted by molar-refractivity contribution is 5.59. The third-order valence-corrected chi connectivity index (χ3v) is 2.87. The maximum absolute atomic E-state index is 13.2. The molecule has 2 aromatic rings. The highest BCUT2D eigenvalue weighted by atomic mass is 19.1. The van der Waals surface area contributed by atoms with E-state index < -0.39 is 0 Å². The second-order valence-electron chi connectivity index (χ2n) is 4.35. The van der Waals surface area contributed by atoms with Crippen LogP contribution in [0.25, 0.3) is 11.3 Å². The molecule has 0 saturated heterocycles. The van der Waals surface area contributed by atoms with Crippen LogP contribution in [0.15, 0.2) is 30.3 Å². The van der Waals surface area contributed by atoms with E-state index in [0.29, 0.717) is 23.5 Å². The SMILES string of the molecule is CCC(C#N)c1nc(C)cc(-c2cccc(F)c2)n1. The summed E-state index contributed by atoms with van der Waals surface area (Å²) in [5.74, 6) is -0.126. The van der Waals surface area contributed by atoms with Crippen molar-refractivity contribution in [2.24, 2.45) is 0 Å². The van der Waals surface area contributed by atoms with Gasteiger partial charge in [0, 0.05) is 11.3 Å². The first-order valence-electron chi connectivity index (χ1n) is 6.15. The van der Waals surface area contributed by atoms with Gasteiger partial charge in [-0.25, -0.2) is 14.4 Å². The van der Waals surface area contributed by atoms with Gasteiger partial charge in [-0.15, -0.1) is 0 Å². The molecule has 1 unspecified atom stereocenters. The molecular formula is C15H14FN3. The van der Waals surface area contributed by atoms with E-state index in [1.54, 1.807) is 18.2 Å². The molecule has 96 valence electrons. The summed E-state index contributed by atoms with van der Waals surface area (Å²) in [7, 11) is 0. The summed E-state index contributed by atoms with van der Waals surface area (Å²) < 4.78 is 13.2. The number of aryl methyl sites for hydroxylation is 1. The van der Waals surface area contributed by atoms with Crippen LogP contribution >= 0.6 is 0 Å². The Labute approximate surface area is 111 Å². The lowest BCUT2D eigenvalue weighted by molar-refractivity contribution is 0.628. The highest BCUT2D eigenvalue weighted by Gasteiger charge is 2.13. The monoisotopic (exact) mass is 255 g/mol. The van der Waals surface area contributed by atoms with Crippen molar-refractivity contribution in [1.82, 2.24) is 9.97 Å². The van der Waals surface area contributed by atoms with Crippen LogP contribution in [0.1, 0.15) is 30.8 Å². The second kappa shape index (κ2) is 5.57. The number of benzene rings is 1. The van der Waals surface area contributed by atoms with Crippen molar-refractivity contribution < 1.29 is 4.39 Å².